The summed E-state index contributed by atoms with van der Waals surface area (Å²) in [5.41, 5.74) is 1.05. The van der Waals surface area contributed by atoms with Crippen LogP contribution in [0.4, 0.5) is 0 Å². The summed E-state index contributed by atoms with van der Waals surface area (Å²) in [4.78, 5) is 0. The van der Waals surface area contributed by atoms with Crippen LogP contribution in [0.3, 0.4) is 0 Å². The fraction of sp³-hybridized carbons (Fsp3) is 0.125. The molecule has 4 nitrogen and oxygen atoms in total. The highest BCUT2D eigenvalue weighted by Gasteiger charge is 1.99. The van der Waals surface area contributed by atoms with Crippen molar-refractivity contribution in [1.29, 1.82) is 0 Å². The van der Waals surface area contributed by atoms with Crippen LogP contribution in [0.15, 0.2) is 30.6 Å². The van der Waals surface area contributed by atoms with Gasteiger partial charge in [0.1, 0.15) is 0 Å². The molecule has 2 rings (SSSR count). The summed E-state index contributed by atoms with van der Waals surface area (Å²) in [6.07, 6.45) is 3.38. The van der Waals surface area contributed by atoms with Crippen molar-refractivity contribution in [2.24, 2.45) is 0 Å². The molecule has 0 N–H and O–H groups in total. The summed E-state index contributed by atoms with van der Waals surface area (Å²) in [5.74, 6) is 0.750. The standard InChI is InChI=1S/C8H8N4/c1-7-4-6-10-12(7)8-3-2-5-9-11-8/h2-6H,1H3. The van der Waals surface area contributed by atoms with Gasteiger partial charge in [0.05, 0.1) is 0 Å². The molecule has 60 valence electrons. The van der Waals surface area contributed by atoms with Gasteiger partial charge in [-0.2, -0.15) is 10.2 Å². The van der Waals surface area contributed by atoms with Crippen molar-refractivity contribution < 1.29 is 0 Å². The Morgan fingerprint density at radius 2 is 2.17 bits per heavy atom. The lowest BCUT2D eigenvalue weighted by atomic mass is 10.4. The minimum atomic E-state index is 0.750. The van der Waals surface area contributed by atoms with Crippen LogP contribution in [0.25, 0.3) is 5.82 Å². The van der Waals surface area contributed by atoms with E-state index >= 15 is 0 Å². The summed E-state index contributed by atoms with van der Waals surface area (Å²) in [6.45, 7) is 1.97. The molecule has 0 aliphatic carbocycles. The minimum absolute atomic E-state index is 0.750. The fourth-order valence-electron chi connectivity index (χ4n) is 1.02. The molecule has 0 bridgehead atoms. The maximum atomic E-state index is 4.10. The highest BCUT2D eigenvalue weighted by atomic mass is 15.3. The van der Waals surface area contributed by atoms with E-state index in [0.29, 0.717) is 0 Å². The van der Waals surface area contributed by atoms with E-state index in [0.717, 1.165) is 11.5 Å². The van der Waals surface area contributed by atoms with Gasteiger partial charge in [-0.25, -0.2) is 4.68 Å². The van der Waals surface area contributed by atoms with Crippen LogP contribution < -0.4 is 0 Å². The minimum Gasteiger partial charge on any atom is -0.218 e. The molecule has 0 spiro atoms. The molecule has 0 radical (unpaired) electrons. The van der Waals surface area contributed by atoms with Gasteiger partial charge in [0.2, 0.25) is 0 Å². The quantitative estimate of drug-likeness (QED) is 0.624. The molecule has 0 fully saturated rings. The van der Waals surface area contributed by atoms with Crippen LogP contribution in [0.2, 0.25) is 0 Å². The van der Waals surface area contributed by atoms with Gasteiger partial charge >= 0.3 is 0 Å². The molecule has 0 saturated heterocycles. The first-order valence-electron chi connectivity index (χ1n) is 3.66. The molecular formula is C8H8N4. The molecule has 4 heteroatoms. The van der Waals surface area contributed by atoms with E-state index in [1.807, 2.05) is 25.1 Å². The largest absolute Gasteiger partial charge is 0.218 e. The number of aryl methyl sites for hydroxylation is 1. The van der Waals surface area contributed by atoms with Crippen molar-refractivity contribution in [3.8, 4) is 5.82 Å². The van der Waals surface area contributed by atoms with Crippen molar-refractivity contribution in [2.45, 2.75) is 6.92 Å². The third kappa shape index (κ3) is 1.07. The molecular weight excluding hydrogens is 152 g/mol. The van der Waals surface area contributed by atoms with Crippen LogP contribution in [-0.4, -0.2) is 20.0 Å². The summed E-state index contributed by atoms with van der Waals surface area (Å²) in [5, 5.41) is 11.8. The smallest absolute Gasteiger partial charge is 0.175 e. The second-order valence-electron chi connectivity index (χ2n) is 2.47. The molecule has 0 aliphatic rings. The third-order valence-electron chi connectivity index (χ3n) is 1.61. The number of hydrogen-bond donors (Lipinski definition) is 0. The van der Waals surface area contributed by atoms with Crippen LogP contribution in [0.1, 0.15) is 5.69 Å². The first-order valence-corrected chi connectivity index (χ1v) is 3.66. The first kappa shape index (κ1) is 6.97. The predicted octanol–water partition coefficient (Wildman–Crippen LogP) is 0.971. The molecule has 2 aromatic rings. The molecule has 0 unspecified atom stereocenters. The van der Waals surface area contributed by atoms with Crippen molar-refractivity contribution in [2.75, 3.05) is 0 Å². The van der Waals surface area contributed by atoms with Crippen LogP contribution >= 0.6 is 0 Å². The lowest BCUT2D eigenvalue weighted by Crippen LogP contribution is -2.01. The Bertz CT molecular complexity index is 366. The normalized spacial score (nSPS) is 10.1. The van der Waals surface area contributed by atoms with Crippen molar-refractivity contribution in [1.82, 2.24) is 20.0 Å². The lowest BCUT2D eigenvalue weighted by molar-refractivity contribution is 0.790. The molecule has 0 atom stereocenters. The SMILES string of the molecule is Cc1ccnn1-c1cccnn1. The fourth-order valence-corrected chi connectivity index (χ4v) is 1.02. The van der Waals surface area contributed by atoms with Crippen LogP contribution in [-0.2, 0) is 0 Å². The van der Waals surface area contributed by atoms with E-state index in [-0.39, 0.29) is 0 Å². The number of nitrogens with zero attached hydrogens (tertiary/aromatic N) is 4. The molecule has 0 saturated carbocycles. The van der Waals surface area contributed by atoms with Gasteiger partial charge < -0.3 is 0 Å². The van der Waals surface area contributed by atoms with E-state index < -0.39 is 0 Å². The predicted molar refractivity (Wildman–Crippen MR) is 43.9 cm³/mol. The van der Waals surface area contributed by atoms with Gasteiger partial charge in [-0.1, -0.05) is 0 Å². The van der Waals surface area contributed by atoms with Crippen molar-refractivity contribution >= 4 is 0 Å². The monoisotopic (exact) mass is 160 g/mol. The molecule has 2 aromatic heterocycles. The summed E-state index contributed by atoms with van der Waals surface area (Å²) >= 11 is 0. The van der Waals surface area contributed by atoms with Gasteiger partial charge in [0, 0.05) is 18.1 Å². The topological polar surface area (TPSA) is 43.6 Å². The zero-order valence-electron chi connectivity index (χ0n) is 6.68. The third-order valence-corrected chi connectivity index (χ3v) is 1.61. The second kappa shape index (κ2) is 2.73. The van der Waals surface area contributed by atoms with Gasteiger partial charge in [-0.3, -0.25) is 0 Å². The van der Waals surface area contributed by atoms with Crippen LogP contribution in [0.5, 0.6) is 0 Å². The Hall–Kier alpha value is -1.71. The van der Waals surface area contributed by atoms with Crippen LogP contribution in [0, 0.1) is 6.92 Å². The summed E-state index contributed by atoms with van der Waals surface area (Å²) in [7, 11) is 0. The maximum Gasteiger partial charge on any atom is 0.175 e. The molecule has 0 aromatic carbocycles. The van der Waals surface area contributed by atoms with Gasteiger partial charge in [-0.15, -0.1) is 5.10 Å². The molecule has 0 aliphatic heterocycles. The molecule has 0 amide bonds. The maximum absolute atomic E-state index is 4.10. The number of aromatic nitrogens is 4. The average molecular weight is 160 g/mol. The zero-order valence-corrected chi connectivity index (χ0v) is 6.68. The van der Waals surface area contributed by atoms with Crippen molar-refractivity contribution in [3.05, 3.63) is 36.3 Å². The Kier molecular flexibility index (Phi) is 1.59. The Labute approximate surface area is 69.9 Å². The van der Waals surface area contributed by atoms with E-state index in [9.17, 15) is 0 Å². The van der Waals surface area contributed by atoms with E-state index in [4.69, 9.17) is 0 Å². The summed E-state index contributed by atoms with van der Waals surface area (Å²) < 4.78 is 1.74. The van der Waals surface area contributed by atoms with E-state index in [2.05, 4.69) is 15.3 Å². The average Bonchev–Trinajstić information content (AvgIpc) is 2.53. The first-order chi connectivity index (χ1) is 5.88. The van der Waals surface area contributed by atoms with E-state index in [1.54, 1.807) is 17.1 Å². The van der Waals surface area contributed by atoms with Crippen molar-refractivity contribution in [3.63, 3.8) is 0 Å². The van der Waals surface area contributed by atoms with Gasteiger partial charge in [0.25, 0.3) is 0 Å². The Morgan fingerprint density at radius 3 is 2.75 bits per heavy atom. The van der Waals surface area contributed by atoms with E-state index in [1.165, 1.54) is 0 Å². The summed E-state index contributed by atoms with van der Waals surface area (Å²) in [6, 6.07) is 5.63. The molecule has 2 heterocycles. The Balaban J connectivity index is 2.51. The zero-order chi connectivity index (χ0) is 8.39. The number of rotatable bonds is 1. The Morgan fingerprint density at radius 1 is 1.25 bits per heavy atom. The van der Waals surface area contributed by atoms with Gasteiger partial charge in [-0.05, 0) is 25.1 Å². The molecule has 12 heavy (non-hydrogen) atoms. The number of hydrogen-bond acceptors (Lipinski definition) is 3. The second-order valence-corrected chi connectivity index (χ2v) is 2.47. The lowest BCUT2D eigenvalue weighted by Gasteiger charge is -1.99. The van der Waals surface area contributed by atoms with Gasteiger partial charge in [0.15, 0.2) is 5.82 Å². The highest BCUT2D eigenvalue weighted by Crippen LogP contribution is 2.03. The highest BCUT2D eigenvalue weighted by molar-refractivity contribution is 5.20.